The van der Waals surface area contributed by atoms with Gasteiger partial charge in [-0.2, -0.15) is 0 Å². The average molecular weight is 276 g/mol. The Morgan fingerprint density at radius 2 is 1.85 bits per heavy atom. The quantitative estimate of drug-likeness (QED) is 0.570. The van der Waals surface area contributed by atoms with Gasteiger partial charge in [0.15, 0.2) is 0 Å². The lowest BCUT2D eigenvalue weighted by molar-refractivity contribution is 0.00206. The smallest absolute Gasteiger partial charge is 0.428 e. The summed E-state index contributed by atoms with van der Waals surface area (Å²) in [6.45, 7) is 6.33. The van der Waals surface area contributed by atoms with Crippen LogP contribution in [0.25, 0.3) is 0 Å². The highest BCUT2D eigenvalue weighted by Crippen LogP contribution is 2.33. The predicted molar refractivity (Wildman–Crippen MR) is 79.1 cm³/mol. The van der Waals surface area contributed by atoms with Gasteiger partial charge >= 0.3 is 6.16 Å². The summed E-state index contributed by atoms with van der Waals surface area (Å²) in [5.74, 6) is 1.07. The van der Waals surface area contributed by atoms with E-state index in [1.807, 2.05) is 31.2 Å². The second kappa shape index (κ2) is 6.29. The maximum Gasteiger partial charge on any atom is 0.514 e. The zero-order valence-corrected chi connectivity index (χ0v) is 12.6. The van der Waals surface area contributed by atoms with Crippen LogP contribution in [0.4, 0.5) is 4.79 Å². The largest absolute Gasteiger partial charge is 0.514 e. The van der Waals surface area contributed by atoms with Gasteiger partial charge in [-0.05, 0) is 62.6 Å². The standard InChI is InChI=1S/C17H24O3/c1-4-13(2)14-7-9-15(10-8-14)19-16(18)20-17(3)11-5-6-12-17/h7-10,13H,4-6,11-12H2,1-3H3. The summed E-state index contributed by atoms with van der Waals surface area (Å²) in [4.78, 5) is 11.8. The van der Waals surface area contributed by atoms with E-state index in [1.54, 1.807) is 0 Å². The van der Waals surface area contributed by atoms with Crippen LogP contribution >= 0.6 is 0 Å². The van der Waals surface area contributed by atoms with Gasteiger partial charge in [-0.3, -0.25) is 0 Å². The summed E-state index contributed by atoms with van der Waals surface area (Å²) < 4.78 is 10.7. The molecule has 1 fully saturated rings. The van der Waals surface area contributed by atoms with Crippen molar-refractivity contribution in [1.29, 1.82) is 0 Å². The van der Waals surface area contributed by atoms with Crippen LogP contribution < -0.4 is 4.74 Å². The fourth-order valence-corrected chi connectivity index (χ4v) is 2.64. The molecule has 20 heavy (non-hydrogen) atoms. The number of rotatable bonds is 4. The molecular formula is C17H24O3. The lowest BCUT2D eigenvalue weighted by atomic mass is 9.99. The lowest BCUT2D eigenvalue weighted by Crippen LogP contribution is -2.29. The molecule has 1 aliphatic rings. The van der Waals surface area contributed by atoms with Crippen molar-refractivity contribution in [2.24, 2.45) is 0 Å². The predicted octanol–water partition coefficient (Wildman–Crippen LogP) is 5.05. The molecule has 1 unspecified atom stereocenters. The van der Waals surface area contributed by atoms with E-state index in [0.29, 0.717) is 11.7 Å². The van der Waals surface area contributed by atoms with Gasteiger partial charge in [0.1, 0.15) is 11.4 Å². The van der Waals surface area contributed by atoms with E-state index < -0.39 is 6.16 Å². The fraction of sp³-hybridized carbons (Fsp3) is 0.588. The molecule has 2 rings (SSSR count). The number of ether oxygens (including phenoxy) is 2. The molecule has 0 amide bonds. The first-order chi connectivity index (χ1) is 9.52. The average Bonchev–Trinajstić information content (AvgIpc) is 2.84. The minimum atomic E-state index is -0.592. The first-order valence-corrected chi connectivity index (χ1v) is 7.53. The van der Waals surface area contributed by atoms with Crippen molar-refractivity contribution < 1.29 is 14.3 Å². The monoisotopic (exact) mass is 276 g/mol. The maximum absolute atomic E-state index is 11.8. The van der Waals surface area contributed by atoms with E-state index in [9.17, 15) is 4.79 Å². The van der Waals surface area contributed by atoms with Gasteiger partial charge < -0.3 is 9.47 Å². The summed E-state index contributed by atoms with van der Waals surface area (Å²) >= 11 is 0. The summed E-state index contributed by atoms with van der Waals surface area (Å²) in [6, 6.07) is 7.68. The number of hydrogen-bond donors (Lipinski definition) is 0. The van der Waals surface area contributed by atoms with Crippen LogP contribution in [0.2, 0.25) is 0 Å². The fourth-order valence-electron chi connectivity index (χ4n) is 2.64. The normalized spacial score (nSPS) is 18.6. The van der Waals surface area contributed by atoms with E-state index in [-0.39, 0.29) is 5.60 Å². The molecule has 1 saturated carbocycles. The Kier molecular flexibility index (Phi) is 4.69. The topological polar surface area (TPSA) is 35.5 Å². The van der Waals surface area contributed by atoms with Gasteiger partial charge in [0.2, 0.25) is 0 Å². The Balaban J connectivity index is 1.91. The minimum absolute atomic E-state index is 0.340. The number of hydrogen-bond acceptors (Lipinski definition) is 3. The van der Waals surface area contributed by atoms with Gasteiger partial charge in [0, 0.05) is 0 Å². The highest BCUT2D eigenvalue weighted by atomic mass is 16.7. The van der Waals surface area contributed by atoms with Crippen molar-refractivity contribution in [3.05, 3.63) is 29.8 Å². The van der Waals surface area contributed by atoms with E-state index >= 15 is 0 Å². The molecular weight excluding hydrogens is 252 g/mol. The van der Waals surface area contributed by atoms with Crippen LogP contribution in [0.1, 0.15) is 64.4 Å². The Labute approximate surface area is 121 Å². The Morgan fingerprint density at radius 3 is 2.40 bits per heavy atom. The molecule has 3 nitrogen and oxygen atoms in total. The van der Waals surface area contributed by atoms with Crippen LogP contribution in [0, 0.1) is 0 Å². The van der Waals surface area contributed by atoms with Crippen LogP contribution in [0.5, 0.6) is 5.75 Å². The van der Waals surface area contributed by atoms with E-state index in [4.69, 9.17) is 9.47 Å². The third-order valence-corrected chi connectivity index (χ3v) is 4.25. The molecule has 0 heterocycles. The third kappa shape index (κ3) is 3.75. The van der Waals surface area contributed by atoms with Gasteiger partial charge in [-0.25, -0.2) is 4.79 Å². The molecule has 110 valence electrons. The van der Waals surface area contributed by atoms with Gasteiger partial charge in [0.05, 0.1) is 0 Å². The van der Waals surface area contributed by atoms with Gasteiger partial charge in [-0.1, -0.05) is 26.0 Å². The van der Waals surface area contributed by atoms with E-state index in [1.165, 1.54) is 5.56 Å². The Bertz CT molecular complexity index is 444. The van der Waals surface area contributed by atoms with Gasteiger partial charge in [0.25, 0.3) is 0 Å². The molecule has 0 saturated heterocycles. The zero-order valence-electron chi connectivity index (χ0n) is 12.6. The lowest BCUT2D eigenvalue weighted by Gasteiger charge is -2.23. The van der Waals surface area contributed by atoms with E-state index in [2.05, 4.69) is 13.8 Å². The molecule has 0 aliphatic heterocycles. The first kappa shape index (κ1) is 14.9. The molecule has 1 aromatic carbocycles. The number of benzene rings is 1. The molecule has 0 aromatic heterocycles. The van der Waals surface area contributed by atoms with Crippen molar-refractivity contribution in [1.82, 2.24) is 0 Å². The molecule has 0 bridgehead atoms. The highest BCUT2D eigenvalue weighted by Gasteiger charge is 2.33. The van der Waals surface area contributed by atoms with E-state index in [0.717, 1.165) is 32.1 Å². The molecule has 1 aromatic rings. The summed E-state index contributed by atoms with van der Waals surface area (Å²) in [6.07, 6.45) is 4.59. The van der Waals surface area contributed by atoms with Crippen LogP contribution in [0.15, 0.2) is 24.3 Å². The Hall–Kier alpha value is -1.51. The molecule has 1 atom stereocenters. The molecule has 0 N–H and O–H groups in total. The SMILES string of the molecule is CCC(C)c1ccc(OC(=O)OC2(C)CCCC2)cc1. The molecule has 3 heteroatoms. The second-order valence-electron chi connectivity index (χ2n) is 5.99. The van der Waals surface area contributed by atoms with Crippen LogP contribution in [-0.4, -0.2) is 11.8 Å². The zero-order chi connectivity index (χ0) is 14.6. The van der Waals surface area contributed by atoms with Crippen LogP contribution in [-0.2, 0) is 4.74 Å². The molecule has 0 spiro atoms. The number of carbonyl (C=O) groups excluding carboxylic acids is 1. The van der Waals surface area contributed by atoms with Crippen LogP contribution in [0.3, 0.4) is 0 Å². The van der Waals surface area contributed by atoms with Crippen molar-refractivity contribution in [2.75, 3.05) is 0 Å². The summed E-state index contributed by atoms with van der Waals surface area (Å²) in [5.41, 5.74) is 0.921. The Morgan fingerprint density at radius 1 is 1.25 bits per heavy atom. The number of carbonyl (C=O) groups is 1. The van der Waals surface area contributed by atoms with Crippen molar-refractivity contribution in [3.8, 4) is 5.75 Å². The highest BCUT2D eigenvalue weighted by molar-refractivity contribution is 5.64. The minimum Gasteiger partial charge on any atom is -0.428 e. The van der Waals surface area contributed by atoms with Crippen molar-refractivity contribution in [2.45, 2.75) is 64.4 Å². The van der Waals surface area contributed by atoms with Gasteiger partial charge in [-0.15, -0.1) is 0 Å². The molecule has 1 aliphatic carbocycles. The third-order valence-electron chi connectivity index (χ3n) is 4.25. The summed E-state index contributed by atoms with van der Waals surface area (Å²) in [7, 11) is 0. The molecule has 0 radical (unpaired) electrons. The second-order valence-corrected chi connectivity index (χ2v) is 5.99. The van der Waals surface area contributed by atoms with Crippen molar-refractivity contribution >= 4 is 6.16 Å². The first-order valence-electron chi connectivity index (χ1n) is 7.53. The maximum atomic E-state index is 11.8. The summed E-state index contributed by atoms with van der Waals surface area (Å²) in [5, 5.41) is 0. The van der Waals surface area contributed by atoms with Crippen molar-refractivity contribution in [3.63, 3.8) is 0 Å².